The van der Waals surface area contributed by atoms with Crippen LogP contribution in [0.25, 0.3) is 0 Å². The smallest absolute Gasteiger partial charge is 0.203 e. The van der Waals surface area contributed by atoms with Crippen molar-refractivity contribution in [3.63, 3.8) is 0 Å². The van der Waals surface area contributed by atoms with E-state index in [0.717, 1.165) is 24.3 Å². The molecule has 24 heavy (non-hydrogen) atoms. The highest BCUT2D eigenvalue weighted by Crippen LogP contribution is 2.45. The lowest BCUT2D eigenvalue weighted by Crippen LogP contribution is -2.37. The normalized spacial score (nSPS) is 19.6. The second-order valence-electron chi connectivity index (χ2n) is 5.30. The maximum absolute atomic E-state index is 12.6. The first-order chi connectivity index (χ1) is 11.3. The molecule has 0 unspecified atom stereocenters. The van der Waals surface area contributed by atoms with Gasteiger partial charge in [-0.3, -0.25) is 4.79 Å². The summed E-state index contributed by atoms with van der Waals surface area (Å²) in [6.07, 6.45) is -2.25. The van der Waals surface area contributed by atoms with Crippen LogP contribution in [0.1, 0.15) is 22.0 Å². The standard InChI is InChI=1S/C16H14O8/c1-23-16-14(22)12-8(18)4-7(17)5-11(12)24-15(16)6-2-9(19)13(21)10(20)3-6/h2-5,15-21H,1H3/t15-,16+/m0/s1. The Hall–Kier alpha value is -3.13. The molecule has 8 nitrogen and oxygen atoms in total. The summed E-state index contributed by atoms with van der Waals surface area (Å²) in [5.74, 6) is -3.31. The minimum atomic E-state index is -1.17. The Labute approximate surface area is 135 Å². The summed E-state index contributed by atoms with van der Waals surface area (Å²) < 4.78 is 10.8. The van der Waals surface area contributed by atoms with Crippen molar-refractivity contribution < 1.29 is 39.8 Å². The van der Waals surface area contributed by atoms with Gasteiger partial charge >= 0.3 is 0 Å². The van der Waals surface area contributed by atoms with E-state index in [1.54, 1.807) is 0 Å². The first kappa shape index (κ1) is 15.8. The highest BCUT2D eigenvalue weighted by atomic mass is 16.5. The van der Waals surface area contributed by atoms with Crippen LogP contribution in [0.3, 0.4) is 0 Å². The van der Waals surface area contributed by atoms with Crippen molar-refractivity contribution in [3.05, 3.63) is 35.4 Å². The number of aromatic hydroxyl groups is 5. The number of carbonyl (C=O) groups excluding carboxylic acids is 1. The summed E-state index contributed by atoms with van der Waals surface area (Å²) in [7, 11) is 1.27. The van der Waals surface area contributed by atoms with E-state index in [0.29, 0.717) is 0 Å². The van der Waals surface area contributed by atoms with Gasteiger partial charge in [0.15, 0.2) is 29.5 Å². The molecule has 1 aliphatic heterocycles. The van der Waals surface area contributed by atoms with Gasteiger partial charge in [0.05, 0.1) is 0 Å². The number of fused-ring (bicyclic) bond motifs is 1. The van der Waals surface area contributed by atoms with Crippen LogP contribution < -0.4 is 4.74 Å². The van der Waals surface area contributed by atoms with Crippen molar-refractivity contribution in [2.24, 2.45) is 0 Å². The van der Waals surface area contributed by atoms with Crippen molar-refractivity contribution in [1.29, 1.82) is 0 Å². The molecule has 0 amide bonds. The zero-order valence-corrected chi connectivity index (χ0v) is 12.4. The fourth-order valence-electron chi connectivity index (χ4n) is 2.67. The number of rotatable bonds is 2. The van der Waals surface area contributed by atoms with Gasteiger partial charge in [-0.25, -0.2) is 0 Å². The van der Waals surface area contributed by atoms with Crippen LogP contribution in [0.15, 0.2) is 24.3 Å². The lowest BCUT2D eigenvalue weighted by Gasteiger charge is -2.32. The topological polar surface area (TPSA) is 137 Å². The van der Waals surface area contributed by atoms with Gasteiger partial charge in [-0.2, -0.15) is 0 Å². The number of ether oxygens (including phenoxy) is 2. The van der Waals surface area contributed by atoms with E-state index in [-0.39, 0.29) is 22.6 Å². The molecule has 2 aromatic carbocycles. The van der Waals surface area contributed by atoms with Crippen molar-refractivity contribution in [1.82, 2.24) is 0 Å². The highest BCUT2D eigenvalue weighted by Gasteiger charge is 2.41. The lowest BCUT2D eigenvalue weighted by molar-refractivity contribution is -0.00123. The molecule has 2 atom stereocenters. The van der Waals surface area contributed by atoms with Crippen molar-refractivity contribution in [2.75, 3.05) is 7.11 Å². The second kappa shape index (κ2) is 5.50. The number of carbonyl (C=O) groups is 1. The lowest BCUT2D eigenvalue weighted by atomic mass is 9.92. The van der Waals surface area contributed by atoms with Crippen LogP contribution in [0.4, 0.5) is 0 Å². The van der Waals surface area contributed by atoms with Gasteiger partial charge in [-0.1, -0.05) is 0 Å². The number of phenolic OH excluding ortho intramolecular Hbond substituents is 5. The molecular weight excluding hydrogens is 320 g/mol. The first-order valence-corrected chi connectivity index (χ1v) is 6.88. The molecule has 0 aromatic heterocycles. The number of benzene rings is 2. The predicted molar refractivity (Wildman–Crippen MR) is 79.7 cm³/mol. The Balaban J connectivity index is 2.14. The van der Waals surface area contributed by atoms with Gasteiger partial charge in [0.2, 0.25) is 5.78 Å². The Morgan fingerprint density at radius 1 is 0.958 bits per heavy atom. The molecule has 1 heterocycles. The molecule has 0 aliphatic carbocycles. The molecule has 0 radical (unpaired) electrons. The Bertz CT molecular complexity index is 806. The van der Waals surface area contributed by atoms with E-state index < -0.39 is 41.0 Å². The van der Waals surface area contributed by atoms with Crippen LogP contribution in [0.5, 0.6) is 34.5 Å². The largest absolute Gasteiger partial charge is 0.508 e. The number of ketones is 1. The zero-order chi connectivity index (χ0) is 17.6. The van der Waals surface area contributed by atoms with Crippen LogP contribution >= 0.6 is 0 Å². The van der Waals surface area contributed by atoms with Crippen LogP contribution in [-0.2, 0) is 4.74 Å². The van der Waals surface area contributed by atoms with E-state index in [9.17, 15) is 30.3 Å². The maximum atomic E-state index is 12.6. The van der Waals surface area contributed by atoms with Gasteiger partial charge in [0, 0.05) is 24.8 Å². The monoisotopic (exact) mass is 334 g/mol. The molecule has 0 saturated carbocycles. The van der Waals surface area contributed by atoms with Crippen molar-refractivity contribution in [2.45, 2.75) is 12.2 Å². The van der Waals surface area contributed by atoms with Crippen molar-refractivity contribution >= 4 is 5.78 Å². The number of Topliss-reactive ketones (excluding diaryl/α,β-unsaturated/α-hetero) is 1. The molecule has 0 bridgehead atoms. The van der Waals surface area contributed by atoms with Gasteiger partial charge in [0.25, 0.3) is 0 Å². The SMILES string of the molecule is CO[C@@H]1C(=O)c2c(O)cc(O)cc2O[C@H]1c1cc(O)c(O)c(O)c1. The molecule has 5 N–H and O–H groups in total. The summed E-state index contributed by atoms with van der Waals surface area (Å²) in [5, 5.41) is 48.2. The predicted octanol–water partition coefficient (Wildman–Crippen LogP) is 1.55. The van der Waals surface area contributed by atoms with Crippen LogP contribution in [-0.4, -0.2) is 44.5 Å². The summed E-state index contributed by atoms with van der Waals surface area (Å²) in [4.78, 5) is 12.6. The average molecular weight is 334 g/mol. The fraction of sp³-hybridized carbons (Fsp3) is 0.188. The highest BCUT2D eigenvalue weighted by molar-refractivity contribution is 6.05. The molecule has 0 fully saturated rings. The molecular formula is C16H14O8. The molecule has 1 aliphatic rings. The number of phenols is 5. The molecule has 3 rings (SSSR count). The van der Waals surface area contributed by atoms with Gasteiger partial charge < -0.3 is 35.0 Å². The third-order valence-electron chi connectivity index (χ3n) is 3.77. The molecule has 8 heteroatoms. The van der Waals surface area contributed by atoms with E-state index in [1.807, 2.05) is 0 Å². The van der Waals surface area contributed by atoms with E-state index >= 15 is 0 Å². The van der Waals surface area contributed by atoms with Crippen LogP contribution in [0, 0.1) is 0 Å². The Morgan fingerprint density at radius 2 is 1.58 bits per heavy atom. The number of hydrogen-bond acceptors (Lipinski definition) is 8. The number of hydrogen-bond donors (Lipinski definition) is 5. The third kappa shape index (κ3) is 2.33. The van der Waals surface area contributed by atoms with Gasteiger partial charge in [-0.05, 0) is 12.1 Å². The summed E-state index contributed by atoms with van der Waals surface area (Å²) >= 11 is 0. The second-order valence-corrected chi connectivity index (χ2v) is 5.30. The maximum Gasteiger partial charge on any atom is 0.203 e. The third-order valence-corrected chi connectivity index (χ3v) is 3.77. The first-order valence-electron chi connectivity index (χ1n) is 6.88. The summed E-state index contributed by atoms with van der Waals surface area (Å²) in [5.41, 5.74) is 0.0274. The average Bonchev–Trinajstić information content (AvgIpc) is 2.51. The number of methoxy groups -OCH3 is 1. The molecule has 126 valence electrons. The minimum absolute atomic E-state index is 0.0668. The summed E-state index contributed by atoms with van der Waals surface area (Å²) in [6.45, 7) is 0. The van der Waals surface area contributed by atoms with Crippen molar-refractivity contribution in [3.8, 4) is 34.5 Å². The Kier molecular flexibility index (Phi) is 3.61. The van der Waals surface area contributed by atoms with E-state index in [4.69, 9.17) is 9.47 Å². The fourth-order valence-corrected chi connectivity index (χ4v) is 2.67. The minimum Gasteiger partial charge on any atom is -0.508 e. The summed E-state index contributed by atoms with van der Waals surface area (Å²) in [6, 6.07) is 4.40. The molecule has 2 aromatic rings. The Morgan fingerprint density at radius 3 is 2.17 bits per heavy atom. The molecule has 0 saturated heterocycles. The quantitative estimate of drug-likeness (QED) is 0.522. The van der Waals surface area contributed by atoms with Gasteiger partial charge in [-0.15, -0.1) is 0 Å². The van der Waals surface area contributed by atoms with Crippen LogP contribution in [0.2, 0.25) is 0 Å². The zero-order valence-electron chi connectivity index (χ0n) is 12.4. The van der Waals surface area contributed by atoms with E-state index in [2.05, 4.69) is 0 Å². The molecule has 0 spiro atoms. The van der Waals surface area contributed by atoms with Gasteiger partial charge in [0.1, 0.15) is 22.8 Å². The van der Waals surface area contributed by atoms with E-state index in [1.165, 1.54) is 7.11 Å².